The van der Waals surface area contributed by atoms with Gasteiger partial charge < -0.3 is 5.73 Å². The van der Waals surface area contributed by atoms with E-state index < -0.39 is 10.1 Å². The lowest BCUT2D eigenvalue weighted by Crippen LogP contribution is -1.99. The zero-order chi connectivity index (χ0) is 12.6. The van der Waals surface area contributed by atoms with Crippen LogP contribution in [0.5, 0.6) is 0 Å². The van der Waals surface area contributed by atoms with Crippen molar-refractivity contribution >= 4 is 10.1 Å². The van der Waals surface area contributed by atoms with Gasteiger partial charge in [-0.1, -0.05) is 31.5 Å². The lowest BCUT2D eigenvalue weighted by molar-refractivity contribution is 0.482. The van der Waals surface area contributed by atoms with Crippen LogP contribution in [0.1, 0.15) is 25.3 Å². The van der Waals surface area contributed by atoms with E-state index in [1.807, 2.05) is 0 Å². The van der Waals surface area contributed by atoms with Crippen LogP contribution in [0.2, 0.25) is 0 Å². The molecular formula is C11H19NO3S. The average molecular weight is 245 g/mol. The van der Waals surface area contributed by atoms with E-state index in [1.165, 1.54) is 18.9 Å². The van der Waals surface area contributed by atoms with Crippen LogP contribution in [0.4, 0.5) is 0 Å². The highest BCUT2D eigenvalue weighted by atomic mass is 32.2. The fourth-order valence-corrected chi connectivity index (χ4v) is 1.78. The monoisotopic (exact) mass is 245 g/mol. The smallest absolute Gasteiger partial charge is 0.294 e. The van der Waals surface area contributed by atoms with Crippen LogP contribution in [-0.2, 0) is 10.1 Å². The van der Waals surface area contributed by atoms with E-state index in [9.17, 15) is 8.42 Å². The van der Waals surface area contributed by atoms with E-state index in [0.29, 0.717) is 5.56 Å². The minimum Gasteiger partial charge on any atom is -0.330 e. The lowest BCUT2D eigenvalue weighted by atomic mass is 10.2. The van der Waals surface area contributed by atoms with Gasteiger partial charge in [-0.3, -0.25) is 4.55 Å². The first-order chi connectivity index (χ1) is 7.43. The van der Waals surface area contributed by atoms with Gasteiger partial charge in [0.2, 0.25) is 0 Å². The van der Waals surface area contributed by atoms with Gasteiger partial charge in [-0.2, -0.15) is 8.42 Å². The van der Waals surface area contributed by atoms with Gasteiger partial charge in [-0.05, 0) is 31.5 Å². The minimum absolute atomic E-state index is 0.0278. The standard InChI is InChI=1S/C7H8O3S.C4H11N/c1-6-4-2-3-5-7(6)11(8,9)10;1-2-3-4-5/h2-5H,1H3,(H,8,9,10);2-5H2,1H3. The second-order valence-electron chi connectivity index (χ2n) is 3.38. The summed E-state index contributed by atoms with van der Waals surface area (Å²) in [6, 6.07) is 6.27. The first-order valence-electron chi connectivity index (χ1n) is 5.16. The summed E-state index contributed by atoms with van der Waals surface area (Å²) < 4.78 is 29.9. The summed E-state index contributed by atoms with van der Waals surface area (Å²) in [7, 11) is -4.03. The zero-order valence-electron chi connectivity index (χ0n) is 9.68. The van der Waals surface area contributed by atoms with Crippen LogP contribution in [0.15, 0.2) is 29.2 Å². The number of rotatable bonds is 3. The Morgan fingerprint density at radius 1 is 1.31 bits per heavy atom. The summed E-state index contributed by atoms with van der Waals surface area (Å²) in [5.41, 5.74) is 5.69. The maximum Gasteiger partial charge on any atom is 0.294 e. The molecular weight excluding hydrogens is 226 g/mol. The van der Waals surface area contributed by atoms with Crippen molar-refractivity contribution in [3.8, 4) is 0 Å². The van der Waals surface area contributed by atoms with E-state index in [1.54, 1.807) is 25.1 Å². The van der Waals surface area contributed by atoms with Gasteiger partial charge in [-0.15, -0.1) is 0 Å². The normalized spacial score (nSPS) is 10.5. The van der Waals surface area contributed by atoms with Crippen molar-refractivity contribution in [3.63, 3.8) is 0 Å². The van der Waals surface area contributed by atoms with Crippen LogP contribution in [0, 0.1) is 6.92 Å². The van der Waals surface area contributed by atoms with Gasteiger partial charge in [0.05, 0.1) is 4.90 Å². The van der Waals surface area contributed by atoms with Gasteiger partial charge in [0.1, 0.15) is 0 Å². The molecule has 1 aromatic rings. The Hall–Kier alpha value is -0.910. The molecule has 0 aromatic heterocycles. The Labute approximate surface area is 97.2 Å². The molecule has 5 heteroatoms. The van der Waals surface area contributed by atoms with Crippen LogP contribution in [0.3, 0.4) is 0 Å². The third kappa shape index (κ3) is 5.85. The molecule has 0 fully saturated rings. The van der Waals surface area contributed by atoms with E-state index in [2.05, 4.69) is 6.92 Å². The van der Waals surface area contributed by atoms with Crippen molar-refractivity contribution in [1.29, 1.82) is 0 Å². The Morgan fingerprint density at radius 2 is 1.88 bits per heavy atom. The third-order valence-corrected chi connectivity index (χ3v) is 2.94. The number of hydrogen-bond acceptors (Lipinski definition) is 3. The van der Waals surface area contributed by atoms with E-state index in [-0.39, 0.29) is 4.90 Å². The lowest BCUT2D eigenvalue weighted by Gasteiger charge is -1.99. The van der Waals surface area contributed by atoms with Crippen molar-refractivity contribution in [2.45, 2.75) is 31.6 Å². The Bertz CT molecular complexity index is 399. The third-order valence-electron chi connectivity index (χ3n) is 1.93. The fourth-order valence-electron chi connectivity index (χ4n) is 1.05. The Morgan fingerprint density at radius 3 is 2.12 bits per heavy atom. The van der Waals surface area contributed by atoms with Crippen molar-refractivity contribution < 1.29 is 13.0 Å². The van der Waals surface area contributed by atoms with Crippen LogP contribution < -0.4 is 5.73 Å². The van der Waals surface area contributed by atoms with Crippen molar-refractivity contribution in [2.24, 2.45) is 5.73 Å². The molecule has 16 heavy (non-hydrogen) atoms. The molecule has 1 rings (SSSR count). The summed E-state index contributed by atoms with van der Waals surface area (Å²) in [6.45, 7) is 4.60. The van der Waals surface area contributed by atoms with E-state index in [4.69, 9.17) is 10.3 Å². The molecule has 0 radical (unpaired) electrons. The topological polar surface area (TPSA) is 80.4 Å². The van der Waals surface area contributed by atoms with Crippen LogP contribution >= 0.6 is 0 Å². The summed E-state index contributed by atoms with van der Waals surface area (Å²) >= 11 is 0. The number of nitrogens with two attached hydrogens (primary N) is 1. The largest absolute Gasteiger partial charge is 0.330 e. The predicted molar refractivity (Wildman–Crippen MR) is 65.0 cm³/mol. The van der Waals surface area contributed by atoms with Gasteiger partial charge >= 0.3 is 0 Å². The Kier molecular flexibility index (Phi) is 6.96. The molecule has 0 atom stereocenters. The molecule has 0 unspecified atom stereocenters. The van der Waals surface area contributed by atoms with Gasteiger partial charge in [0.25, 0.3) is 10.1 Å². The van der Waals surface area contributed by atoms with E-state index in [0.717, 1.165) is 6.54 Å². The van der Waals surface area contributed by atoms with Crippen molar-refractivity contribution in [3.05, 3.63) is 29.8 Å². The highest BCUT2D eigenvalue weighted by Crippen LogP contribution is 2.12. The number of hydrogen-bond donors (Lipinski definition) is 2. The minimum atomic E-state index is -4.03. The number of benzene rings is 1. The fraction of sp³-hybridized carbons (Fsp3) is 0.455. The molecule has 0 amide bonds. The molecule has 0 spiro atoms. The summed E-state index contributed by atoms with van der Waals surface area (Å²) in [5.74, 6) is 0. The molecule has 0 aliphatic carbocycles. The molecule has 3 N–H and O–H groups in total. The molecule has 0 aliphatic heterocycles. The summed E-state index contributed by atoms with van der Waals surface area (Å²) in [4.78, 5) is -0.0278. The molecule has 0 bridgehead atoms. The van der Waals surface area contributed by atoms with E-state index >= 15 is 0 Å². The first kappa shape index (κ1) is 15.1. The van der Waals surface area contributed by atoms with Crippen LogP contribution in [0.25, 0.3) is 0 Å². The van der Waals surface area contributed by atoms with Gasteiger partial charge in [0, 0.05) is 0 Å². The van der Waals surface area contributed by atoms with Crippen LogP contribution in [-0.4, -0.2) is 19.5 Å². The van der Waals surface area contributed by atoms with Crippen molar-refractivity contribution in [2.75, 3.05) is 6.54 Å². The molecule has 1 aromatic carbocycles. The SMILES string of the molecule is CCCCN.Cc1ccccc1S(=O)(=O)O. The quantitative estimate of drug-likeness (QED) is 0.798. The van der Waals surface area contributed by atoms with Gasteiger partial charge in [0.15, 0.2) is 0 Å². The average Bonchev–Trinajstić information content (AvgIpc) is 2.19. The molecule has 4 nitrogen and oxygen atoms in total. The van der Waals surface area contributed by atoms with Gasteiger partial charge in [-0.25, -0.2) is 0 Å². The molecule has 0 aliphatic rings. The second-order valence-corrected chi connectivity index (χ2v) is 4.77. The Balaban J connectivity index is 0.000000385. The summed E-state index contributed by atoms with van der Waals surface area (Å²) in [6.07, 6.45) is 2.39. The number of aryl methyl sites for hydroxylation is 1. The maximum atomic E-state index is 10.6. The molecule has 0 saturated carbocycles. The molecule has 0 saturated heterocycles. The maximum absolute atomic E-state index is 10.6. The molecule has 92 valence electrons. The molecule has 0 heterocycles. The predicted octanol–water partition coefficient (Wildman–Crippen LogP) is 1.99. The first-order valence-corrected chi connectivity index (χ1v) is 6.60. The highest BCUT2D eigenvalue weighted by molar-refractivity contribution is 7.85. The van der Waals surface area contributed by atoms with Crippen molar-refractivity contribution in [1.82, 2.24) is 0 Å². The number of unbranched alkanes of at least 4 members (excludes halogenated alkanes) is 1. The zero-order valence-corrected chi connectivity index (χ0v) is 10.5. The summed E-state index contributed by atoms with van der Waals surface area (Å²) in [5, 5.41) is 0. The highest BCUT2D eigenvalue weighted by Gasteiger charge is 2.10. The second kappa shape index (κ2) is 7.38.